The maximum atomic E-state index is 4.97. The summed E-state index contributed by atoms with van der Waals surface area (Å²) >= 11 is 0. The minimum Gasteiger partial charge on any atom is -0.356 e. The lowest BCUT2D eigenvalue weighted by atomic mass is 10.7. The van der Waals surface area contributed by atoms with Crippen molar-refractivity contribution < 1.29 is 14.3 Å². The fourth-order valence-electron chi connectivity index (χ4n) is 0.561. The van der Waals surface area contributed by atoms with Crippen LogP contribution in [0.2, 0.25) is 0 Å². The first-order valence-electron chi connectivity index (χ1n) is 4.53. The van der Waals surface area contributed by atoms with Crippen LogP contribution >= 0.6 is 0 Å². The topological polar surface area (TPSA) is 30.9 Å². The SMILES string of the molecule is CCOC(C)OC.CCON(C)C. The van der Waals surface area contributed by atoms with Crippen LogP contribution in [0.5, 0.6) is 0 Å². The Bertz CT molecular complexity index is 88.9. The molecule has 0 saturated heterocycles. The molecule has 0 amide bonds. The van der Waals surface area contributed by atoms with Crippen LogP contribution in [0.1, 0.15) is 20.8 Å². The van der Waals surface area contributed by atoms with Gasteiger partial charge >= 0.3 is 0 Å². The molecular weight excluding hydrogens is 170 g/mol. The zero-order chi connectivity index (χ0) is 10.7. The molecule has 0 N–H and O–H groups in total. The summed E-state index contributed by atoms with van der Waals surface area (Å²) in [5.41, 5.74) is 0. The van der Waals surface area contributed by atoms with Gasteiger partial charge in [0, 0.05) is 27.8 Å². The fraction of sp³-hybridized carbons (Fsp3) is 1.00. The van der Waals surface area contributed by atoms with Gasteiger partial charge in [0.2, 0.25) is 0 Å². The van der Waals surface area contributed by atoms with Gasteiger partial charge in [0.05, 0.1) is 6.61 Å². The number of methoxy groups -OCH3 is 1. The first kappa shape index (κ1) is 15.3. The minimum atomic E-state index is -0.0509. The van der Waals surface area contributed by atoms with Crippen molar-refractivity contribution in [2.75, 3.05) is 34.4 Å². The molecular formula is C9H23NO3. The van der Waals surface area contributed by atoms with Gasteiger partial charge in [-0.1, -0.05) is 0 Å². The van der Waals surface area contributed by atoms with Crippen molar-refractivity contribution in [2.24, 2.45) is 0 Å². The summed E-state index contributed by atoms with van der Waals surface area (Å²) in [5, 5.41) is 1.68. The predicted molar refractivity (Wildman–Crippen MR) is 53.4 cm³/mol. The van der Waals surface area contributed by atoms with Crippen molar-refractivity contribution in [3.63, 3.8) is 0 Å². The molecule has 0 bridgehead atoms. The van der Waals surface area contributed by atoms with Gasteiger partial charge in [0.1, 0.15) is 0 Å². The highest BCUT2D eigenvalue weighted by Gasteiger charge is 1.91. The van der Waals surface area contributed by atoms with E-state index < -0.39 is 0 Å². The lowest BCUT2D eigenvalue weighted by Gasteiger charge is -2.06. The molecule has 0 aliphatic rings. The quantitative estimate of drug-likeness (QED) is 0.489. The van der Waals surface area contributed by atoms with Crippen molar-refractivity contribution in [2.45, 2.75) is 27.1 Å². The van der Waals surface area contributed by atoms with Crippen LogP contribution in [0.4, 0.5) is 0 Å². The zero-order valence-corrected chi connectivity index (χ0v) is 9.66. The van der Waals surface area contributed by atoms with Crippen molar-refractivity contribution in [3.05, 3.63) is 0 Å². The molecule has 0 aromatic carbocycles. The van der Waals surface area contributed by atoms with E-state index in [2.05, 4.69) is 0 Å². The molecule has 0 saturated carbocycles. The average molecular weight is 193 g/mol. The van der Waals surface area contributed by atoms with Gasteiger partial charge in [-0.05, 0) is 20.8 Å². The lowest BCUT2D eigenvalue weighted by molar-refractivity contribution is -0.113. The van der Waals surface area contributed by atoms with Crippen LogP contribution in [0.3, 0.4) is 0 Å². The molecule has 0 aliphatic heterocycles. The first-order valence-corrected chi connectivity index (χ1v) is 4.53. The third kappa shape index (κ3) is 18.7. The smallest absolute Gasteiger partial charge is 0.154 e. The van der Waals surface area contributed by atoms with Gasteiger partial charge in [-0.3, -0.25) is 4.84 Å². The normalized spacial score (nSPS) is 12.2. The standard InChI is InChI=1S/C5H12O2.C4H11NO/c1-4-7-5(2)6-3;1-4-6-5(2)3/h5H,4H2,1-3H3;4H2,1-3H3. The van der Waals surface area contributed by atoms with E-state index in [0.29, 0.717) is 0 Å². The summed E-state index contributed by atoms with van der Waals surface area (Å²) in [7, 11) is 5.35. The third-order valence-corrected chi connectivity index (χ3v) is 1.12. The van der Waals surface area contributed by atoms with Crippen LogP contribution in [-0.4, -0.2) is 45.8 Å². The highest BCUT2D eigenvalue weighted by Crippen LogP contribution is 1.87. The Morgan fingerprint density at radius 1 is 1.15 bits per heavy atom. The summed E-state index contributed by atoms with van der Waals surface area (Å²) < 4.78 is 9.74. The molecule has 1 atom stereocenters. The second kappa shape index (κ2) is 11.8. The summed E-state index contributed by atoms with van der Waals surface area (Å²) in [6.45, 7) is 7.24. The largest absolute Gasteiger partial charge is 0.356 e. The summed E-state index contributed by atoms with van der Waals surface area (Å²) in [5.74, 6) is 0. The van der Waals surface area contributed by atoms with Gasteiger partial charge in [0.25, 0.3) is 0 Å². The predicted octanol–water partition coefficient (Wildman–Crippen LogP) is 1.51. The molecule has 1 unspecified atom stereocenters. The number of rotatable bonds is 5. The minimum absolute atomic E-state index is 0.0509. The molecule has 0 heterocycles. The molecule has 13 heavy (non-hydrogen) atoms. The van der Waals surface area contributed by atoms with Crippen molar-refractivity contribution >= 4 is 0 Å². The van der Waals surface area contributed by atoms with Gasteiger partial charge < -0.3 is 9.47 Å². The first-order chi connectivity index (χ1) is 6.08. The van der Waals surface area contributed by atoms with E-state index in [9.17, 15) is 0 Å². The highest BCUT2D eigenvalue weighted by atomic mass is 16.7. The number of hydrogen-bond acceptors (Lipinski definition) is 4. The molecule has 0 fully saturated rings. The molecule has 4 heteroatoms. The Labute approximate surface area is 81.7 Å². The Balaban J connectivity index is 0. The molecule has 0 rings (SSSR count). The number of ether oxygens (including phenoxy) is 2. The van der Waals surface area contributed by atoms with E-state index in [1.807, 2.05) is 34.9 Å². The molecule has 0 radical (unpaired) electrons. The van der Waals surface area contributed by atoms with Gasteiger partial charge in [-0.15, -0.1) is 0 Å². The molecule has 0 spiro atoms. The summed E-state index contributed by atoms with van der Waals surface area (Å²) in [6.07, 6.45) is -0.0509. The molecule has 0 aromatic rings. The maximum absolute atomic E-state index is 4.97. The molecule has 82 valence electrons. The molecule has 0 aliphatic carbocycles. The van der Waals surface area contributed by atoms with E-state index in [1.165, 1.54) is 0 Å². The zero-order valence-electron chi connectivity index (χ0n) is 9.66. The second-order valence-corrected chi connectivity index (χ2v) is 2.49. The monoisotopic (exact) mass is 193 g/mol. The van der Waals surface area contributed by atoms with E-state index in [4.69, 9.17) is 14.3 Å². The van der Waals surface area contributed by atoms with Gasteiger partial charge in [0.15, 0.2) is 6.29 Å². The van der Waals surface area contributed by atoms with Crippen molar-refractivity contribution in [1.82, 2.24) is 5.06 Å². The van der Waals surface area contributed by atoms with E-state index in [-0.39, 0.29) is 6.29 Å². The van der Waals surface area contributed by atoms with Crippen LogP contribution in [-0.2, 0) is 14.3 Å². The summed E-state index contributed by atoms with van der Waals surface area (Å²) in [4.78, 5) is 4.88. The Morgan fingerprint density at radius 2 is 1.69 bits per heavy atom. The van der Waals surface area contributed by atoms with E-state index in [0.717, 1.165) is 13.2 Å². The van der Waals surface area contributed by atoms with E-state index in [1.54, 1.807) is 12.2 Å². The molecule has 4 nitrogen and oxygen atoms in total. The van der Waals surface area contributed by atoms with Crippen molar-refractivity contribution in [3.8, 4) is 0 Å². The van der Waals surface area contributed by atoms with Crippen LogP contribution in [0.25, 0.3) is 0 Å². The second-order valence-electron chi connectivity index (χ2n) is 2.49. The fourth-order valence-corrected chi connectivity index (χ4v) is 0.561. The van der Waals surface area contributed by atoms with Gasteiger partial charge in [-0.25, -0.2) is 0 Å². The highest BCUT2D eigenvalue weighted by molar-refractivity contribution is 4.22. The average Bonchev–Trinajstić information content (AvgIpc) is 2.05. The molecule has 0 aromatic heterocycles. The number of hydroxylamine groups is 2. The Hall–Kier alpha value is -0.160. The van der Waals surface area contributed by atoms with Crippen LogP contribution < -0.4 is 0 Å². The number of nitrogens with zero attached hydrogens (tertiary/aromatic N) is 1. The van der Waals surface area contributed by atoms with Gasteiger partial charge in [-0.2, -0.15) is 5.06 Å². The third-order valence-electron chi connectivity index (χ3n) is 1.12. The Morgan fingerprint density at radius 3 is 1.77 bits per heavy atom. The number of hydrogen-bond donors (Lipinski definition) is 0. The lowest BCUT2D eigenvalue weighted by Crippen LogP contribution is -2.11. The summed E-state index contributed by atoms with van der Waals surface area (Å²) in [6, 6.07) is 0. The maximum Gasteiger partial charge on any atom is 0.154 e. The van der Waals surface area contributed by atoms with Crippen molar-refractivity contribution in [1.29, 1.82) is 0 Å². The van der Waals surface area contributed by atoms with E-state index >= 15 is 0 Å². The van der Waals surface area contributed by atoms with Crippen LogP contribution in [0, 0.1) is 0 Å². The van der Waals surface area contributed by atoms with Crippen LogP contribution in [0.15, 0.2) is 0 Å². The Kier molecular flexibility index (Phi) is 14.0.